The molecule has 0 N–H and O–H groups in total. The number of carbonyl (C=O) groups excluding carboxylic acids is 1. The summed E-state index contributed by atoms with van der Waals surface area (Å²) >= 11 is 7.26. The highest BCUT2D eigenvalue weighted by atomic mass is 35.5. The van der Waals surface area contributed by atoms with Gasteiger partial charge in [0.05, 0.1) is 32.6 Å². The van der Waals surface area contributed by atoms with Gasteiger partial charge >= 0.3 is 0 Å². The lowest BCUT2D eigenvalue weighted by molar-refractivity contribution is 0.0986. The van der Waals surface area contributed by atoms with Gasteiger partial charge in [-0.05, 0) is 62.7 Å². The molecule has 1 fully saturated rings. The van der Waals surface area contributed by atoms with E-state index in [1.807, 2.05) is 35.0 Å². The number of thiophene rings is 1. The second-order valence-electron chi connectivity index (χ2n) is 9.11. The molecule has 0 bridgehead atoms. The lowest BCUT2D eigenvalue weighted by Crippen LogP contribution is -2.33. The maximum absolute atomic E-state index is 12.5. The first-order chi connectivity index (χ1) is 18.1. The zero-order chi connectivity index (χ0) is 25.6. The van der Waals surface area contributed by atoms with Gasteiger partial charge in [0.1, 0.15) is 12.4 Å². The molecule has 4 heterocycles. The van der Waals surface area contributed by atoms with Crippen LogP contribution in [0.15, 0.2) is 72.0 Å². The van der Waals surface area contributed by atoms with E-state index in [-0.39, 0.29) is 11.3 Å². The number of nitrogens with zero attached hydrogens (tertiary/aromatic N) is 4. The Kier molecular flexibility index (Phi) is 8.18. The predicted octanol–water partition coefficient (Wildman–Crippen LogP) is 5.42. The van der Waals surface area contributed by atoms with E-state index in [2.05, 4.69) is 9.88 Å². The van der Waals surface area contributed by atoms with E-state index >= 15 is 0 Å². The van der Waals surface area contributed by atoms with E-state index in [0.29, 0.717) is 34.4 Å². The van der Waals surface area contributed by atoms with Crippen molar-refractivity contribution in [2.75, 3.05) is 26.2 Å². The largest absolute Gasteiger partial charge is 0.490 e. The number of hydrogen-bond acceptors (Lipinski definition) is 6. The van der Waals surface area contributed by atoms with Crippen LogP contribution in [-0.2, 0) is 6.42 Å². The molecule has 0 amide bonds. The number of hydrogen-bond donors (Lipinski definition) is 0. The van der Waals surface area contributed by atoms with Crippen molar-refractivity contribution >= 4 is 28.7 Å². The monoisotopic (exact) mass is 536 g/mol. The van der Waals surface area contributed by atoms with E-state index in [0.717, 1.165) is 36.7 Å². The Hall–Kier alpha value is -3.20. The third-order valence-corrected chi connectivity index (χ3v) is 7.80. The highest BCUT2D eigenvalue weighted by Gasteiger charge is 2.14. The van der Waals surface area contributed by atoms with Crippen molar-refractivity contribution in [3.63, 3.8) is 0 Å². The van der Waals surface area contributed by atoms with Gasteiger partial charge in [-0.25, -0.2) is 4.98 Å². The number of ketones is 1. The van der Waals surface area contributed by atoms with Crippen molar-refractivity contribution < 1.29 is 9.53 Å². The molecule has 1 aliphatic rings. The number of ether oxygens (including phenoxy) is 1. The van der Waals surface area contributed by atoms with Gasteiger partial charge in [0.2, 0.25) is 0 Å². The molecule has 0 aliphatic carbocycles. The Morgan fingerprint density at radius 3 is 2.73 bits per heavy atom. The molecule has 4 aromatic rings. The third-order valence-electron chi connectivity index (χ3n) is 6.53. The summed E-state index contributed by atoms with van der Waals surface area (Å²) < 4.78 is 10.4. The van der Waals surface area contributed by atoms with Gasteiger partial charge in [-0.1, -0.05) is 24.1 Å². The molecule has 5 rings (SSSR count). The summed E-state index contributed by atoms with van der Waals surface area (Å²) in [6.07, 6.45) is 10.1. The molecule has 1 aromatic carbocycles. The van der Waals surface area contributed by atoms with Gasteiger partial charge < -0.3 is 9.30 Å². The van der Waals surface area contributed by atoms with Crippen LogP contribution in [0.5, 0.6) is 5.75 Å². The highest BCUT2D eigenvalue weighted by Crippen LogP contribution is 2.27. The molecule has 0 saturated carbocycles. The van der Waals surface area contributed by atoms with Gasteiger partial charge in [-0.2, -0.15) is 0 Å². The van der Waals surface area contributed by atoms with Crippen LogP contribution in [0.2, 0.25) is 4.34 Å². The number of imidazole rings is 1. The van der Waals surface area contributed by atoms with E-state index in [1.54, 1.807) is 41.4 Å². The lowest BCUT2D eigenvalue weighted by Gasteiger charge is -2.26. The fourth-order valence-corrected chi connectivity index (χ4v) is 5.55. The molecular weight excluding hydrogens is 508 g/mol. The smallest absolute Gasteiger partial charge is 0.255 e. The molecule has 7 nitrogen and oxygen atoms in total. The summed E-state index contributed by atoms with van der Waals surface area (Å²) in [6.45, 7) is 3.63. The molecule has 1 saturated heterocycles. The summed E-state index contributed by atoms with van der Waals surface area (Å²) in [4.78, 5) is 32.5. The summed E-state index contributed by atoms with van der Waals surface area (Å²) in [5, 5.41) is 0. The normalized spacial score (nSPS) is 14.1. The minimum absolute atomic E-state index is 0.0610. The summed E-state index contributed by atoms with van der Waals surface area (Å²) in [6, 6.07) is 14.4. The van der Waals surface area contributed by atoms with E-state index in [9.17, 15) is 9.59 Å². The fraction of sp³-hybridized carbons (Fsp3) is 0.321. The molecule has 1 aliphatic heterocycles. The highest BCUT2D eigenvalue weighted by molar-refractivity contribution is 7.18. The van der Waals surface area contributed by atoms with E-state index in [4.69, 9.17) is 16.3 Å². The van der Waals surface area contributed by atoms with Crippen LogP contribution in [0.4, 0.5) is 0 Å². The summed E-state index contributed by atoms with van der Waals surface area (Å²) in [5.41, 5.74) is 2.29. The molecule has 0 spiro atoms. The first-order valence-corrected chi connectivity index (χ1v) is 13.8. The maximum atomic E-state index is 12.5. The number of pyridine rings is 1. The Labute approximate surface area is 224 Å². The molecule has 3 aromatic heterocycles. The van der Waals surface area contributed by atoms with Gasteiger partial charge in [0.25, 0.3) is 5.56 Å². The first kappa shape index (κ1) is 25.4. The fourth-order valence-electron chi connectivity index (χ4n) is 4.54. The number of rotatable bonds is 10. The minimum atomic E-state index is -0.101. The van der Waals surface area contributed by atoms with E-state index < -0.39 is 0 Å². The maximum Gasteiger partial charge on any atom is 0.255 e. The van der Waals surface area contributed by atoms with Crippen molar-refractivity contribution in [1.29, 1.82) is 0 Å². The summed E-state index contributed by atoms with van der Waals surface area (Å²) in [5.74, 6) is 0.740. The van der Waals surface area contributed by atoms with Gasteiger partial charge in [0.15, 0.2) is 5.78 Å². The number of aryl methyl sites for hydroxylation is 1. The van der Waals surface area contributed by atoms with Crippen LogP contribution in [0.25, 0.3) is 11.4 Å². The van der Waals surface area contributed by atoms with Crippen LogP contribution >= 0.6 is 22.9 Å². The topological polar surface area (TPSA) is 69.4 Å². The Morgan fingerprint density at radius 1 is 1.08 bits per heavy atom. The number of piperidine rings is 1. The van der Waals surface area contributed by atoms with Crippen molar-refractivity contribution in [3.8, 4) is 17.1 Å². The van der Waals surface area contributed by atoms with Crippen molar-refractivity contribution in [3.05, 3.63) is 92.5 Å². The number of carbonyl (C=O) groups is 1. The number of halogens is 1. The zero-order valence-electron chi connectivity index (χ0n) is 20.5. The zero-order valence-corrected chi connectivity index (χ0v) is 22.1. The van der Waals surface area contributed by atoms with Gasteiger partial charge in [-0.15, -0.1) is 11.3 Å². The lowest BCUT2D eigenvalue weighted by atomic mass is 10.1. The molecule has 0 radical (unpaired) electrons. The van der Waals surface area contributed by atoms with Gasteiger partial charge in [-0.3, -0.25) is 19.1 Å². The standard InChI is InChI=1S/C28H29ClN4O3S/c29-27-12-11-26(37-27)24(34)10-7-21-19-32(20-30-21)23-9-8-22(33-15-5-2-6-28(33)35)18-25(23)36-17-16-31-13-3-1-4-14-31/h2,5-6,8-9,11-12,15,18-20H,1,3-4,7,10,13-14,16-17H2. The minimum Gasteiger partial charge on any atom is -0.490 e. The Morgan fingerprint density at radius 2 is 1.95 bits per heavy atom. The average Bonchev–Trinajstić information content (AvgIpc) is 3.57. The predicted molar refractivity (Wildman–Crippen MR) is 147 cm³/mol. The van der Waals surface area contributed by atoms with Crippen LogP contribution in [0, 0.1) is 0 Å². The van der Waals surface area contributed by atoms with Crippen LogP contribution < -0.4 is 10.3 Å². The molecule has 37 heavy (non-hydrogen) atoms. The SMILES string of the molecule is O=C(CCc1cn(-c2ccc(-n3ccccc3=O)cc2OCCN2CCCCC2)cn1)c1ccc(Cl)s1. The molecule has 0 atom stereocenters. The average molecular weight is 537 g/mol. The second kappa shape index (κ2) is 11.9. The van der Waals surface area contributed by atoms with Crippen molar-refractivity contribution in [1.82, 2.24) is 19.0 Å². The van der Waals surface area contributed by atoms with Crippen LogP contribution in [0.1, 0.15) is 41.0 Å². The number of Topliss-reactive ketones (excluding diaryl/α,β-unsaturated/α-hetero) is 1. The molecule has 9 heteroatoms. The van der Waals surface area contributed by atoms with Gasteiger partial charge in [0, 0.05) is 37.5 Å². The number of aromatic nitrogens is 3. The first-order valence-electron chi connectivity index (χ1n) is 12.6. The number of likely N-dealkylation sites (tertiary alicyclic amines) is 1. The van der Waals surface area contributed by atoms with Crippen LogP contribution in [0.3, 0.4) is 0 Å². The molecule has 192 valence electrons. The van der Waals surface area contributed by atoms with Crippen molar-refractivity contribution in [2.24, 2.45) is 0 Å². The molecular formula is C28H29ClN4O3S. The van der Waals surface area contributed by atoms with E-state index in [1.165, 1.54) is 30.6 Å². The Balaban J connectivity index is 1.34. The molecule has 0 unspecified atom stereocenters. The Bertz CT molecular complexity index is 1420. The number of benzene rings is 1. The summed E-state index contributed by atoms with van der Waals surface area (Å²) in [7, 11) is 0. The quantitative estimate of drug-likeness (QED) is 0.253. The third kappa shape index (κ3) is 6.39. The van der Waals surface area contributed by atoms with Crippen LogP contribution in [-0.4, -0.2) is 51.0 Å². The second-order valence-corrected chi connectivity index (χ2v) is 10.8. The van der Waals surface area contributed by atoms with Crippen molar-refractivity contribution in [2.45, 2.75) is 32.1 Å².